The average molecular weight is 638 g/mol. The number of carbonyl (C=O) groups excluding carboxylic acids is 2. The predicted molar refractivity (Wildman–Crippen MR) is 161 cm³/mol. The molecule has 3 aromatic rings. The van der Waals surface area contributed by atoms with Gasteiger partial charge in [-0.25, -0.2) is 8.42 Å². The second-order valence-electron chi connectivity index (χ2n) is 9.25. The number of nitrogens with zero attached hydrogens (tertiary/aromatic N) is 3. The molecule has 0 bridgehead atoms. The zero-order valence-corrected chi connectivity index (χ0v) is 25.7. The monoisotopic (exact) mass is 636 g/mol. The van der Waals surface area contributed by atoms with Gasteiger partial charge < -0.3 is 15.0 Å². The van der Waals surface area contributed by atoms with Crippen LogP contribution in [0.3, 0.4) is 0 Å². The zero-order valence-electron chi connectivity index (χ0n) is 23.3. The molecule has 0 aliphatic heterocycles. The molecule has 42 heavy (non-hydrogen) atoms. The molecule has 0 fully saturated rings. The Morgan fingerprint density at radius 1 is 1.05 bits per heavy atom. The van der Waals surface area contributed by atoms with Crippen molar-refractivity contribution in [2.75, 3.05) is 24.5 Å². The van der Waals surface area contributed by atoms with Crippen LogP contribution in [-0.2, 0) is 26.2 Å². The maximum absolute atomic E-state index is 14.1. The predicted octanol–water partition coefficient (Wildman–Crippen LogP) is 4.97. The Labute approximate surface area is 254 Å². The van der Waals surface area contributed by atoms with Crippen molar-refractivity contribution in [1.82, 2.24) is 10.2 Å². The van der Waals surface area contributed by atoms with Crippen LogP contribution < -0.4 is 14.4 Å². The van der Waals surface area contributed by atoms with Crippen molar-refractivity contribution in [2.24, 2.45) is 0 Å². The summed E-state index contributed by atoms with van der Waals surface area (Å²) in [7, 11) is -3.30. The lowest BCUT2D eigenvalue weighted by molar-refractivity contribution is -0.385. The lowest BCUT2D eigenvalue weighted by Gasteiger charge is -2.32. The van der Waals surface area contributed by atoms with Crippen molar-refractivity contribution in [3.05, 3.63) is 92.0 Å². The molecule has 0 spiro atoms. The van der Waals surface area contributed by atoms with Gasteiger partial charge in [0.05, 0.1) is 22.6 Å². The van der Waals surface area contributed by atoms with Gasteiger partial charge in [-0.05, 0) is 62.7 Å². The van der Waals surface area contributed by atoms with Crippen molar-refractivity contribution < 1.29 is 27.7 Å². The number of carbonyl (C=O) groups is 2. The summed E-state index contributed by atoms with van der Waals surface area (Å²) in [4.78, 5) is 38.5. The number of anilines is 1. The highest BCUT2D eigenvalue weighted by molar-refractivity contribution is 7.92. The summed E-state index contributed by atoms with van der Waals surface area (Å²) >= 11 is 12.2. The number of benzene rings is 3. The first-order valence-electron chi connectivity index (χ1n) is 12.7. The van der Waals surface area contributed by atoms with Gasteiger partial charge >= 0.3 is 0 Å². The van der Waals surface area contributed by atoms with Crippen LogP contribution in [0.25, 0.3) is 0 Å². The van der Waals surface area contributed by atoms with E-state index in [1.807, 2.05) is 0 Å². The molecule has 2 amide bonds. The topological polar surface area (TPSA) is 139 Å². The summed E-state index contributed by atoms with van der Waals surface area (Å²) in [6.45, 7) is 4.24. The molecule has 3 aromatic carbocycles. The van der Waals surface area contributed by atoms with E-state index in [1.54, 1.807) is 31.2 Å². The Kier molecular flexibility index (Phi) is 10.8. The summed E-state index contributed by atoms with van der Waals surface area (Å²) in [5.41, 5.74) is 0.424. The van der Waals surface area contributed by atoms with Crippen LogP contribution in [0, 0.1) is 17.0 Å². The Morgan fingerprint density at radius 3 is 2.29 bits per heavy atom. The molecular weight excluding hydrogens is 607 g/mol. The maximum Gasteiger partial charge on any atom is 0.273 e. The van der Waals surface area contributed by atoms with E-state index in [0.29, 0.717) is 17.1 Å². The SMILES string of the molecule is CCNC(=O)[C@@H](C)N(Cc1ccc(Cl)cc1)C(=O)CN(c1cc(Cl)ccc1OC)S(=O)(=O)c1ccc(C)c([N+](=O)[O-])c1. The third-order valence-electron chi connectivity index (χ3n) is 6.44. The third-order valence-corrected chi connectivity index (χ3v) is 8.68. The lowest BCUT2D eigenvalue weighted by atomic mass is 10.1. The van der Waals surface area contributed by atoms with E-state index in [-0.39, 0.29) is 28.6 Å². The molecule has 0 aromatic heterocycles. The Balaban J connectivity index is 2.16. The average Bonchev–Trinajstić information content (AvgIpc) is 2.95. The van der Waals surface area contributed by atoms with E-state index in [0.717, 1.165) is 10.4 Å². The number of rotatable bonds is 12. The fourth-order valence-electron chi connectivity index (χ4n) is 4.14. The fraction of sp³-hybridized carbons (Fsp3) is 0.286. The number of aryl methyl sites for hydroxylation is 1. The van der Waals surface area contributed by atoms with Crippen LogP contribution in [0.1, 0.15) is 25.0 Å². The molecule has 0 radical (unpaired) electrons. The summed E-state index contributed by atoms with van der Waals surface area (Å²) in [6, 6.07) is 13.3. The minimum absolute atomic E-state index is 0.0368. The normalized spacial score (nSPS) is 11.9. The van der Waals surface area contributed by atoms with Crippen molar-refractivity contribution in [3.63, 3.8) is 0 Å². The number of halogens is 2. The molecular formula is C28H30Cl2N4O7S. The van der Waals surface area contributed by atoms with E-state index in [4.69, 9.17) is 27.9 Å². The lowest BCUT2D eigenvalue weighted by Crippen LogP contribution is -2.51. The van der Waals surface area contributed by atoms with E-state index >= 15 is 0 Å². The maximum atomic E-state index is 14.1. The second-order valence-corrected chi connectivity index (χ2v) is 12.0. The second kappa shape index (κ2) is 13.9. The van der Waals surface area contributed by atoms with Crippen molar-refractivity contribution >= 4 is 56.4 Å². The number of amides is 2. The van der Waals surface area contributed by atoms with Crippen molar-refractivity contribution in [3.8, 4) is 5.75 Å². The largest absolute Gasteiger partial charge is 0.495 e. The van der Waals surface area contributed by atoms with Gasteiger partial charge in [-0.2, -0.15) is 0 Å². The number of sulfonamides is 1. The first kappa shape index (κ1) is 32.6. The molecule has 0 aliphatic rings. The quantitative estimate of drug-likeness (QED) is 0.219. The summed E-state index contributed by atoms with van der Waals surface area (Å²) in [5, 5.41) is 14.9. The molecule has 1 atom stereocenters. The minimum Gasteiger partial charge on any atom is -0.495 e. The van der Waals surface area contributed by atoms with Crippen LogP contribution >= 0.6 is 23.2 Å². The number of nitro groups is 1. The van der Waals surface area contributed by atoms with Gasteiger partial charge in [-0.3, -0.25) is 24.0 Å². The zero-order chi connectivity index (χ0) is 31.2. The standard InChI is InChI=1S/C28H30Cl2N4O7S/c1-5-31-28(36)19(3)32(16-20-7-9-21(29)10-8-20)27(35)17-33(25-14-22(30)11-13-26(25)41-4)42(39,40)23-12-6-18(2)24(15-23)34(37)38/h6-15,19H,5,16-17H2,1-4H3,(H,31,36)/t19-/m1/s1. The van der Waals surface area contributed by atoms with E-state index < -0.39 is 49.9 Å². The molecule has 14 heteroatoms. The summed E-state index contributed by atoms with van der Waals surface area (Å²) < 4.78 is 34.4. The highest BCUT2D eigenvalue weighted by atomic mass is 35.5. The molecule has 0 saturated carbocycles. The fourth-order valence-corrected chi connectivity index (χ4v) is 5.87. The van der Waals surface area contributed by atoms with Crippen LogP contribution in [0.5, 0.6) is 5.75 Å². The number of ether oxygens (including phenoxy) is 1. The van der Waals surface area contributed by atoms with Crippen LogP contribution in [-0.4, -0.2) is 56.3 Å². The first-order valence-corrected chi connectivity index (χ1v) is 14.9. The van der Waals surface area contributed by atoms with Gasteiger partial charge in [0.25, 0.3) is 15.7 Å². The van der Waals surface area contributed by atoms with Gasteiger partial charge in [0.2, 0.25) is 11.8 Å². The molecule has 1 N–H and O–H groups in total. The Bertz CT molecular complexity index is 1580. The molecule has 224 valence electrons. The number of hydrogen-bond acceptors (Lipinski definition) is 7. The molecule has 0 saturated heterocycles. The van der Waals surface area contributed by atoms with E-state index in [1.165, 1.54) is 56.2 Å². The summed E-state index contributed by atoms with van der Waals surface area (Å²) in [5.74, 6) is -1.09. The molecule has 11 nitrogen and oxygen atoms in total. The van der Waals surface area contributed by atoms with Gasteiger partial charge in [0.15, 0.2) is 0 Å². The molecule has 0 unspecified atom stereocenters. The molecule has 3 rings (SSSR count). The van der Waals surface area contributed by atoms with Gasteiger partial charge in [-0.1, -0.05) is 41.4 Å². The number of nitro benzene ring substituents is 1. The number of nitrogens with one attached hydrogen (secondary N) is 1. The molecule has 0 aliphatic carbocycles. The van der Waals surface area contributed by atoms with E-state index in [9.17, 15) is 28.1 Å². The summed E-state index contributed by atoms with van der Waals surface area (Å²) in [6.07, 6.45) is 0. The van der Waals surface area contributed by atoms with Crippen LogP contribution in [0.2, 0.25) is 10.0 Å². The smallest absolute Gasteiger partial charge is 0.273 e. The minimum atomic E-state index is -4.61. The molecule has 0 heterocycles. The van der Waals surface area contributed by atoms with E-state index in [2.05, 4.69) is 5.32 Å². The van der Waals surface area contributed by atoms with Crippen LogP contribution in [0.4, 0.5) is 11.4 Å². The number of hydrogen-bond donors (Lipinski definition) is 1. The third kappa shape index (κ3) is 7.50. The number of likely N-dealkylation sites (N-methyl/N-ethyl adjacent to an activating group) is 1. The highest BCUT2D eigenvalue weighted by Crippen LogP contribution is 2.36. The van der Waals surface area contributed by atoms with Crippen LogP contribution in [0.15, 0.2) is 65.6 Å². The van der Waals surface area contributed by atoms with Crippen molar-refractivity contribution in [1.29, 1.82) is 0 Å². The number of methoxy groups -OCH3 is 1. The van der Waals surface area contributed by atoms with Gasteiger partial charge in [-0.15, -0.1) is 0 Å². The first-order chi connectivity index (χ1) is 19.8. The van der Waals surface area contributed by atoms with Gasteiger partial charge in [0, 0.05) is 34.8 Å². The Hall–Kier alpha value is -3.87. The Morgan fingerprint density at radius 2 is 1.69 bits per heavy atom. The van der Waals surface area contributed by atoms with Crippen molar-refractivity contribution in [2.45, 2.75) is 38.3 Å². The highest BCUT2D eigenvalue weighted by Gasteiger charge is 2.34. The van der Waals surface area contributed by atoms with Gasteiger partial charge in [0.1, 0.15) is 18.3 Å².